The van der Waals surface area contributed by atoms with Gasteiger partial charge in [-0.3, -0.25) is 4.55 Å². The molecule has 3 unspecified atom stereocenters. The zero-order valence-corrected chi connectivity index (χ0v) is 10.5. The second-order valence-corrected chi connectivity index (χ2v) is 6.67. The van der Waals surface area contributed by atoms with Gasteiger partial charge in [-0.05, 0) is 24.7 Å². The lowest BCUT2D eigenvalue weighted by atomic mass is 9.73. The zero-order valence-electron chi connectivity index (χ0n) is 9.70. The van der Waals surface area contributed by atoms with Gasteiger partial charge in [0.2, 0.25) is 0 Å². The van der Waals surface area contributed by atoms with E-state index in [0.717, 1.165) is 0 Å². The van der Waals surface area contributed by atoms with Crippen LogP contribution in [0.1, 0.15) is 40.0 Å². The van der Waals surface area contributed by atoms with Crippen molar-refractivity contribution in [1.29, 1.82) is 0 Å². The van der Waals surface area contributed by atoms with Gasteiger partial charge in [-0.25, -0.2) is 8.78 Å². The Morgan fingerprint density at radius 3 is 2.25 bits per heavy atom. The van der Waals surface area contributed by atoms with E-state index < -0.39 is 33.1 Å². The van der Waals surface area contributed by atoms with Crippen LogP contribution in [-0.2, 0) is 10.1 Å². The number of rotatable bonds is 2. The molecule has 1 aliphatic rings. The molecule has 1 N–H and O–H groups in total. The van der Waals surface area contributed by atoms with Crippen molar-refractivity contribution in [3.05, 3.63) is 0 Å². The summed E-state index contributed by atoms with van der Waals surface area (Å²) in [7, 11) is -5.05. The Labute approximate surface area is 95.0 Å². The molecule has 96 valence electrons. The van der Waals surface area contributed by atoms with Crippen molar-refractivity contribution >= 4 is 10.1 Å². The maximum absolute atomic E-state index is 14.5. The highest BCUT2D eigenvalue weighted by molar-refractivity contribution is 7.87. The van der Waals surface area contributed by atoms with E-state index in [1.54, 1.807) is 6.92 Å². The summed E-state index contributed by atoms with van der Waals surface area (Å²) in [5.41, 5.74) is -2.51. The topological polar surface area (TPSA) is 54.4 Å². The highest BCUT2D eigenvalue weighted by Gasteiger charge is 2.65. The van der Waals surface area contributed by atoms with Gasteiger partial charge in [0.15, 0.2) is 5.67 Å². The van der Waals surface area contributed by atoms with E-state index in [2.05, 4.69) is 0 Å². The van der Waals surface area contributed by atoms with Gasteiger partial charge in [-0.2, -0.15) is 8.42 Å². The summed E-state index contributed by atoms with van der Waals surface area (Å²) in [5, 5.41) is -3.17. The first-order chi connectivity index (χ1) is 7.04. The van der Waals surface area contributed by atoms with Gasteiger partial charge in [-0.15, -0.1) is 0 Å². The van der Waals surface area contributed by atoms with Crippen LogP contribution in [0, 0.1) is 11.8 Å². The normalized spacial score (nSPS) is 41.3. The molecule has 0 saturated heterocycles. The van der Waals surface area contributed by atoms with Gasteiger partial charge < -0.3 is 0 Å². The Hall–Kier alpha value is -0.230. The van der Waals surface area contributed by atoms with Crippen molar-refractivity contribution in [1.82, 2.24) is 0 Å². The van der Waals surface area contributed by atoms with Crippen LogP contribution in [-0.4, -0.2) is 23.6 Å². The van der Waals surface area contributed by atoms with E-state index >= 15 is 0 Å². The Bertz CT molecular complexity index is 368. The van der Waals surface area contributed by atoms with Crippen molar-refractivity contribution in [3.8, 4) is 0 Å². The summed E-state index contributed by atoms with van der Waals surface area (Å²) >= 11 is 0. The lowest BCUT2D eigenvalue weighted by Gasteiger charge is -2.45. The smallest absolute Gasteiger partial charge is 0.283 e. The molecule has 0 amide bonds. The van der Waals surface area contributed by atoms with Crippen molar-refractivity contribution in [2.45, 2.75) is 50.7 Å². The Kier molecular flexibility index (Phi) is 3.38. The van der Waals surface area contributed by atoms with Crippen LogP contribution in [0.25, 0.3) is 0 Å². The summed E-state index contributed by atoms with van der Waals surface area (Å²) in [5.74, 6) is -1.05. The van der Waals surface area contributed by atoms with Gasteiger partial charge >= 0.3 is 10.1 Å². The van der Waals surface area contributed by atoms with E-state index in [1.165, 1.54) is 13.8 Å². The number of hydrogen-bond acceptors (Lipinski definition) is 2. The zero-order chi connectivity index (χ0) is 12.8. The predicted molar refractivity (Wildman–Crippen MR) is 57.1 cm³/mol. The van der Waals surface area contributed by atoms with Crippen LogP contribution in [0.2, 0.25) is 0 Å². The predicted octanol–water partition coefficient (Wildman–Crippen LogP) is 2.72. The Morgan fingerprint density at radius 2 is 1.88 bits per heavy atom. The molecular weight excluding hydrogens is 238 g/mol. The molecule has 1 aliphatic carbocycles. The fourth-order valence-corrected chi connectivity index (χ4v) is 3.66. The number of halogens is 2. The van der Waals surface area contributed by atoms with Crippen LogP contribution >= 0.6 is 0 Å². The summed E-state index contributed by atoms with van der Waals surface area (Å²) in [6, 6.07) is 0. The molecule has 1 saturated carbocycles. The largest absolute Gasteiger partial charge is 0.303 e. The molecule has 3 nitrogen and oxygen atoms in total. The van der Waals surface area contributed by atoms with Crippen LogP contribution in [0.4, 0.5) is 8.78 Å². The average Bonchev–Trinajstić information content (AvgIpc) is 2.09. The molecule has 0 bridgehead atoms. The first-order valence-corrected chi connectivity index (χ1v) is 6.83. The van der Waals surface area contributed by atoms with E-state index in [0.29, 0.717) is 6.42 Å². The summed E-state index contributed by atoms with van der Waals surface area (Å²) in [6.45, 7) is 4.50. The highest BCUT2D eigenvalue weighted by atomic mass is 32.2. The van der Waals surface area contributed by atoms with E-state index in [9.17, 15) is 17.2 Å². The summed E-state index contributed by atoms with van der Waals surface area (Å²) < 4.78 is 60.1. The van der Waals surface area contributed by atoms with Gasteiger partial charge in [0, 0.05) is 6.42 Å². The number of hydrogen-bond donors (Lipinski definition) is 1. The monoisotopic (exact) mass is 256 g/mol. The maximum Gasteiger partial charge on any atom is 0.303 e. The number of alkyl halides is 2. The first-order valence-electron chi connectivity index (χ1n) is 5.39. The average molecular weight is 256 g/mol. The highest BCUT2D eigenvalue weighted by Crippen LogP contribution is 2.51. The van der Waals surface area contributed by atoms with Crippen LogP contribution in [0.15, 0.2) is 0 Å². The molecule has 0 spiro atoms. The lowest BCUT2D eigenvalue weighted by Crippen LogP contribution is -2.59. The molecule has 0 aromatic rings. The maximum atomic E-state index is 14.5. The Balaban J connectivity index is 3.28. The second kappa shape index (κ2) is 3.91. The third-order valence-corrected chi connectivity index (χ3v) is 4.88. The first kappa shape index (κ1) is 13.8. The van der Waals surface area contributed by atoms with Crippen LogP contribution in [0.5, 0.6) is 0 Å². The van der Waals surface area contributed by atoms with Crippen molar-refractivity contribution in [2.24, 2.45) is 11.8 Å². The molecule has 1 rings (SSSR count). The molecule has 3 atom stereocenters. The minimum Gasteiger partial charge on any atom is -0.283 e. The summed E-state index contributed by atoms with van der Waals surface area (Å²) in [4.78, 5) is 0. The third-order valence-electron chi connectivity index (χ3n) is 3.56. The lowest BCUT2D eigenvalue weighted by molar-refractivity contribution is -0.0687. The van der Waals surface area contributed by atoms with Crippen molar-refractivity contribution in [3.63, 3.8) is 0 Å². The molecule has 0 aliphatic heterocycles. The third kappa shape index (κ3) is 1.86. The molecule has 0 aromatic carbocycles. The minimum atomic E-state index is -5.05. The molecule has 16 heavy (non-hydrogen) atoms. The molecule has 0 aromatic heterocycles. The quantitative estimate of drug-likeness (QED) is 0.773. The fourth-order valence-electron chi connectivity index (χ4n) is 2.40. The minimum absolute atomic E-state index is 0.178. The van der Waals surface area contributed by atoms with Gasteiger partial charge in [0.1, 0.15) is 0 Å². The van der Waals surface area contributed by atoms with Gasteiger partial charge in [0.25, 0.3) is 5.00 Å². The van der Waals surface area contributed by atoms with Gasteiger partial charge in [-0.1, -0.05) is 20.8 Å². The van der Waals surface area contributed by atoms with Gasteiger partial charge in [0.05, 0.1) is 0 Å². The molecule has 0 heterocycles. The fraction of sp³-hybridized carbons (Fsp3) is 1.00. The van der Waals surface area contributed by atoms with E-state index in [4.69, 9.17) is 4.55 Å². The second-order valence-electron chi connectivity index (χ2n) is 5.07. The van der Waals surface area contributed by atoms with E-state index in [1.807, 2.05) is 0 Å². The SMILES string of the molecule is CC1CCC(F)(C(C)C)C(F)(S(=O)(=O)O)C1. The Morgan fingerprint density at radius 1 is 1.38 bits per heavy atom. The van der Waals surface area contributed by atoms with Crippen LogP contribution < -0.4 is 0 Å². The van der Waals surface area contributed by atoms with Crippen LogP contribution in [0.3, 0.4) is 0 Å². The standard InChI is InChI=1S/C10H18F2O3S/c1-7(2)9(11)5-4-8(3)6-10(9,12)16(13,14)15/h7-8H,4-6H2,1-3H3,(H,13,14,15). The molecule has 1 fully saturated rings. The summed E-state index contributed by atoms with van der Waals surface area (Å²) in [6.07, 6.45) is -0.238. The van der Waals surface area contributed by atoms with E-state index in [-0.39, 0.29) is 12.3 Å². The molecular formula is C10H18F2O3S. The van der Waals surface area contributed by atoms with Crippen molar-refractivity contribution in [2.75, 3.05) is 0 Å². The molecule has 0 radical (unpaired) electrons. The molecule has 6 heteroatoms. The van der Waals surface area contributed by atoms with Crippen molar-refractivity contribution < 1.29 is 21.8 Å².